The number of hydrogen-bond donors (Lipinski definition) is 0. The molecule has 0 atom stereocenters. The lowest BCUT2D eigenvalue weighted by atomic mass is 9.80. The van der Waals surface area contributed by atoms with Crippen molar-refractivity contribution in [1.82, 2.24) is 4.90 Å². The Morgan fingerprint density at radius 2 is 1.12 bits per heavy atom. The van der Waals surface area contributed by atoms with Crippen molar-refractivity contribution in [3.8, 4) is 11.1 Å². The molecule has 308 valence electrons. The molecule has 1 saturated carbocycles. The summed E-state index contributed by atoms with van der Waals surface area (Å²) in [5.74, 6) is -0.549. The molecule has 5 aromatic rings. The number of nitro benzene ring substituents is 1. The van der Waals surface area contributed by atoms with Crippen molar-refractivity contribution >= 4 is 45.3 Å². The van der Waals surface area contributed by atoms with Crippen molar-refractivity contribution in [2.45, 2.75) is 142 Å². The zero-order chi connectivity index (χ0) is 41.9. The molecule has 59 heavy (non-hydrogen) atoms. The number of anilines is 3. The van der Waals surface area contributed by atoms with E-state index >= 15 is 0 Å². The number of amides is 2. The first-order valence-corrected chi connectivity index (χ1v) is 22.1. The van der Waals surface area contributed by atoms with Crippen LogP contribution >= 0.6 is 0 Å². The summed E-state index contributed by atoms with van der Waals surface area (Å²) in [6.45, 7) is 13.7. The number of carbonyl (C=O) groups is 2. The quantitative estimate of drug-likeness (QED) is 0.0430. The molecule has 0 N–H and O–H groups in total. The third-order valence-electron chi connectivity index (χ3n) is 13.2. The maximum absolute atomic E-state index is 14.0. The predicted molar refractivity (Wildman–Crippen MR) is 242 cm³/mol. The van der Waals surface area contributed by atoms with Gasteiger partial charge in [0.2, 0.25) is 0 Å². The Morgan fingerprint density at radius 3 is 1.64 bits per heavy atom. The zero-order valence-corrected chi connectivity index (χ0v) is 36.0. The van der Waals surface area contributed by atoms with Crippen molar-refractivity contribution in [3.05, 3.63) is 129 Å². The van der Waals surface area contributed by atoms with Crippen LogP contribution in [-0.2, 0) is 10.8 Å². The van der Waals surface area contributed by atoms with E-state index in [1.807, 2.05) is 30.3 Å². The summed E-state index contributed by atoms with van der Waals surface area (Å²) in [5, 5.41) is 14.3. The number of nitro groups is 1. The first-order chi connectivity index (χ1) is 28.4. The van der Waals surface area contributed by atoms with Crippen LogP contribution in [0, 0.1) is 10.1 Å². The van der Waals surface area contributed by atoms with Crippen LogP contribution in [-0.4, -0.2) is 27.7 Å². The van der Waals surface area contributed by atoms with Gasteiger partial charge in [0.05, 0.1) is 16.2 Å². The molecule has 0 aromatic heterocycles. The molecule has 7 rings (SSSR count). The number of nitrogens with zero attached hydrogens (tertiary/aromatic N) is 3. The number of benzene rings is 5. The number of unbranched alkanes of at least 4 members (excludes halogenated alkanes) is 4. The van der Waals surface area contributed by atoms with Gasteiger partial charge in [-0.3, -0.25) is 24.6 Å². The molecule has 7 heteroatoms. The van der Waals surface area contributed by atoms with Crippen LogP contribution in [0.1, 0.15) is 157 Å². The first-order valence-electron chi connectivity index (χ1n) is 22.1. The van der Waals surface area contributed by atoms with Crippen LogP contribution in [0.25, 0.3) is 21.9 Å². The fourth-order valence-electron chi connectivity index (χ4n) is 9.55. The van der Waals surface area contributed by atoms with Crippen LogP contribution in [0.4, 0.5) is 22.7 Å². The molecule has 0 spiro atoms. The average molecular weight is 792 g/mol. The number of hydrogen-bond acceptors (Lipinski definition) is 5. The summed E-state index contributed by atoms with van der Waals surface area (Å²) in [7, 11) is 0. The Balaban J connectivity index is 1.30. The lowest BCUT2D eigenvalue weighted by molar-refractivity contribution is -0.384. The number of rotatable bonds is 16. The maximum atomic E-state index is 14.0. The topological polar surface area (TPSA) is 83.8 Å². The smallest absolute Gasteiger partial charge is 0.279 e. The Kier molecular flexibility index (Phi) is 12.4. The van der Waals surface area contributed by atoms with E-state index in [0.29, 0.717) is 38.7 Å². The highest BCUT2D eigenvalue weighted by molar-refractivity contribution is 6.27. The van der Waals surface area contributed by atoms with Crippen LogP contribution in [0.3, 0.4) is 0 Å². The van der Waals surface area contributed by atoms with Crippen molar-refractivity contribution in [2.24, 2.45) is 0 Å². The Hall–Kier alpha value is -5.30. The SMILES string of the molecule is CCCCCC(C)(C)c1ccc(N(c2ccc(C(C)(C)CCCCC)cc2)c2ccc(-c3ccc4c5c(cccc35)C(=O)N(C3CCCCC3)C4=O)c([N+](=O)[O-])c2)cc1. The van der Waals surface area contributed by atoms with E-state index in [4.69, 9.17) is 0 Å². The van der Waals surface area contributed by atoms with Gasteiger partial charge in [0.1, 0.15) is 0 Å². The number of imide groups is 1. The largest absolute Gasteiger partial charge is 0.310 e. The molecule has 2 amide bonds. The Morgan fingerprint density at radius 1 is 0.627 bits per heavy atom. The molecule has 1 heterocycles. The van der Waals surface area contributed by atoms with Crippen molar-refractivity contribution in [2.75, 3.05) is 4.90 Å². The number of carbonyl (C=O) groups excluding carboxylic acids is 2. The molecule has 0 radical (unpaired) electrons. The Labute approximate surface area is 351 Å². The second-order valence-corrected chi connectivity index (χ2v) is 18.2. The molecule has 0 saturated heterocycles. The van der Waals surface area contributed by atoms with Gasteiger partial charge in [0.25, 0.3) is 17.5 Å². The zero-order valence-electron chi connectivity index (χ0n) is 36.0. The molecule has 7 nitrogen and oxygen atoms in total. The lowest BCUT2D eigenvalue weighted by Crippen LogP contribution is -2.47. The van der Waals surface area contributed by atoms with E-state index in [2.05, 4.69) is 95.0 Å². The molecule has 1 aliphatic carbocycles. The van der Waals surface area contributed by atoms with Crippen LogP contribution < -0.4 is 4.90 Å². The van der Waals surface area contributed by atoms with Gasteiger partial charge in [-0.15, -0.1) is 0 Å². The average Bonchev–Trinajstić information content (AvgIpc) is 3.23. The fraction of sp³-hybridized carbons (Fsp3) is 0.423. The fourth-order valence-corrected chi connectivity index (χ4v) is 9.55. The third kappa shape index (κ3) is 8.44. The van der Waals surface area contributed by atoms with Gasteiger partial charge in [-0.05, 0) is 107 Å². The molecule has 0 bridgehead atoms. The monoisotopic (exact) mass is 791 g/mol. The second-order valence-electron chi connectivity index (χ2n) is 18.2. The highest BCUT2D eigenvalue weighted by atomic mass is 16.6. The molecule has 0 unspecified atom stereocenters. The van der Waals surface area contributed by atoms with Crippen LogP contribution in [0.5, 0.6) is 0 Å². The standard InChI is InChI=1S/C52H61N3O4/c1-7-9-14-33-51(3,4)36-21-25-39(26-22-36)53(40-27-23-37(24-28-40)52(5,6)34-15-10-8-2)41-29-30-43(47(35-41)55(58)59)42-31-32-46-48-44(42)19-16-20-45(48)49(56)54(50(46)57)38-17-12-11-13-18-38/h16,19-32,35,38H,7-15,17-18,33-34H2,1-6H3. The summed E-state index contributed by atoms with van der Waals surface area (Å²) < 4.78 is 0. The molecule has 1 aliphatic heterocycles. The predicted octanol–water partition coefficient (Wildman–Crippen LogP) is 14.5. The highest BCUT2D eigenvalue weighted by Crippen LogP contribution is 2.45. The van der Waals surface area contributed by atoms with Gasteiger partial charge in [-0.2, -0.15) is 0 Å². The molecule has 1 fully saturated rings. The van der Waals surface area contributed by atoms with Crippen LogP contribution in [0.2, 0.25) is 0 Å². The van der Waals surface area contributed by atoms with Crippen molar-refractivity contribution in [3.63, 3.8) is 0 Å². The molecule has 2 aliphatic rings. The highest BCUT2D eigenvalue weighted by Gasteiger charge is 2.38. The van der Waals surface area contributed by atoms with E-state index in [0.717, 1.165) is 56.3 Å². The summed E-state index contributed by atoms with van der Waals surface area (Å²) >= 11 is 0. The molecular weight excluding hydrogens is 731 g/mol. The summed E-state index contributed by atoms with van der Waals surface area (Å²) in [6.07, 6.45) is 14.1. The van der Waals surface area contributed by atoms with Gasteiger partial charge in [0.15, 0.2) is 0 Å². The molecular formula is C52H61N3O4. The van der Waals surface area contributed by atoms with E-state index in [1.165, 1.54) is 54.6 Å². The van der Waals surface area contributed by atoms with Gasteiger partial charge < -0.3 is 4.90 Å². The first kappa shape index (κ1) is 41.8. The maximum Gasteiger partial charge on any atom is 0.279 e. The van der Waals surface area contributed by atoms with Gasteiger partial charge in [-0.25, -0.2) is 0 Å². The van der Waals surface area contributed by atoms with Gasteiger partial charge in [-0.1, -0.05) is 142 Å². The summed E-state index contributed by atoms with van der Waals surface area (Å²) in [5.41, 5.74) is 7.03. The lowest BCUT2D eigenvalue weighted by Gasteiger charge is -2.36. The van der Waals surface area contributed by atoms with Gasteiger partial charge in [0, 0.05) is 40.0 Å². The third-order valence-corrected chi connectivity index (χ3v) is 13.2. The van der Waals surface area contributed by atoms with Gasteiger partial charge >= 0.3 is 0 Å². The minimum Gasteiger partial charge on any atom is -0.310 e. The minimum absolute atomic E-state index is 0.0199. The molecule has 5 aromatic carbocycles. The minimum atomic E-state index is -0.322. The van der Waals surface area contributed by atoms with E-state index in [9.17, 15) is 19.7 Å². The normalized spacial score (nSPS) is 14.9. The van der Waals surface area contributed by atoms with E-state index < -0.39 is 0 Å². The van der Waals surface area contributed by atoms with Crippen LogP contribution in [0.15, 0.2) is 97.1 Å². The van der Waals surface area contributed by atoms with E-state index in [1.54, 1.807) is 18.2 Å². The summed E-state index contributed by atoms with van der Waals surface area (Å²) in [6, 6.07) is 31.7. The summed E-state index contributed by atoms with van der Waals surface area (Å²) in [4.78, 5) is 44.3. The van der Waals surface area contributed by atoms with Crippen molar-refractivity contribution in [1.29, 1.82) is 0 Å². The second kappa shape index (κ2) is 17.5. The van der Waals surface area contributed by atoms with E-state index in [-0.39, 0.29) is 39.3 Å². The Bertz CT molecular complexity index is 2230. The van der Waals surface area contributed by atoms with Crippen molar-refractivity contribution < 1.29 is 14.5 Å².